The summed E-state index contributed by atoms with van der Waals surface area (Å²) in [4.78, 5) is 25.7. The van der Waals surface area contributed by atoms with Gasteiger partial charge in [0.05, 0.1) is 18.6 Å². The summed E-state index contributed by atoms with van der Waals surface area (Å²) in [6.07, 6.45) is 11.3. The maximum absolute atomic E-state index is 12.2. The Morgan fingerprint density at radius 2 is 1.56 bits per heavy atom. The van der Waals surface area contributed by atoms with Gasteiger partial charge in [-0.2, -0.15) is 11.8 Å². The Morgan fingerprint density at radius 1 is 0.912 bits per heavy atom. The van der Waals surface area contributed by atoms with E-state index in [9.17, 15) is 9.59 Å². The van der Waals surface area contributed by atoms with E-state index in [1.807, 2.05) is 11.8 Å². The quantitative estimate of drug-likeness (QED) is 0.102. The highest BCUT2D eigenvalue weighted by atomic mass is 32.2. The summed E-state index contributed by atoms with van der Waals surface area (Å²) in [6, 6.07) is 0.679. The number of carbonyl (C=O) groups is 2. The van der Waals surface area contributed by atoms with Gasteiger partial charge >= 0.3 is 6.03 Å². The van der Waals surface area contributed by atoms with Crippen LogP contribution < -0.4 is 32.7 Å². The molecule has 2 aliphatic rings. The van der Waals surface area contributed by atoms with Gasteiger partial charge in [0, 0.05) is 17.5 Å². The molecule has 0 aromatic carbocycles. The Morgan fingerprint density at radius 3 is 2.24 bits per heavy atom. The van der Waals surface area contributed by atoms with Gasteiger partial charge < -0.3 is 32.7 Å². The molecule has 9 nitrogen and oxygen atoms in total. The van der Waals surface area contributed by atoms with Crippen molar-refractivity contribution in [3.63, 3.8) is 0 Å². The lowest BCUT2D eigenvalue weighted by Gasteiger charge is -2.21. The monoisotopic (exact) mass is 499 g/mol. The van der Waals surface area contributed by atoms with Crippen LogP contribution in [0.5, 0.6) is 0 Å². The second kappa shape index (κ2) is 18.2. The molecule has 0 radical (unpaired) electrons. The van der Waals surface area contributed by atoms with Crippen LogP contribution in [0.3, 0.4) is 0 Å². The minimum atomic E-state index is 0.00806. The van der Waals surface area contributed by atoms with Gasteiger partial charge in [-0.3, -0.25) is 9.69 Å². The van der Waals surface area contributed by atoms with Crippen LogP contribution in [0.1, 0.15) is 64.2 Å². The van der Waals surface area contributed by atoms with Crippen molar-refractivity contribution in [2.45, 2.75) is 81.5 Å². The molecular formula is C24H49N7O2S. The SMILES string of the molecule is NCCCN(CCCN)CC(=O)NCCCCCCNCCCCC[C@@H]1SC[C@@H]2NC(=O)N[C@@H]21. The summed E-state index contributed by atoms with van der Waals surface area (Å²) in [5.41, 5.74) is 11.2. The molecule has 2 aliphatic heterocycles. The summed E-state index contributed by atoms with van der Waals surface area (Å²) in [5.74, 6) is 1.15. The molecule has 2 saturated heterocycles. The molecule has 0 bridgehead atoms. The van der Waals surface area contributed by atoms with Crippen molar-refractivity contribution in [3.05, 3.63) is 0 Å². The fourth-order valence-corrected chi connectivity index (χ4v) is 6.20. The molecule has 0 spiro atoms. The van der Waals surface area contributed by atoms with E-state index in [1.165, 1.54) is 38.5 Å². The van der Waals surface area contributed by atoms with Gasteiger partial charge in [0.1, 0.15) is 0 Å². The summed E-state index contributed by atoms with van der Waals surface area (Å²) >= 11 is 2.00. The van der Waals surface area contributed by atoms with Gasteiger partial charge in [0.15, 0.2) is 0 Å². The van der Waals surface area contributed by atoms with Crippen LogP contribution in [0.15, 0.2) is 0 Å². The molecule has 34 heavy (non-hydrogen) atoms. The number of nitrogens with one attached hydrogen (secondary N) is 4. The van der Waals surface area contributed by atoms with E-state index in [2.05, 4.69) is 26.2 Å². The van der Waals surface area contributed by atoms with Crippen LogP contribution >= 0.6 is 11.8 Å². The predicted octanol–water partition coefficient (Wildman–Crippen LogP) is 0.978. The number of unbranched alkanes of at least 4 members (excludes halogenated alkanes) is 5. The smallest absolute Gasteiger partial charge is 0.315 e. The zero-order chi connectivity index (χ0) is 24.4. The van der Waals surface area contributed by atoms with Gasteiger partial charge in [0.2, 0.25) is 5.91 Å². The zero-order valence-corrected chi connectivity index (χ0v) is 21.8. The van der Waals surface area contributed by atoms with E-state index in [0.29, 0.717) is 37.0 Å². The van der Waals surface area contributed by atoms with Crippen molar-refractivity contribution < 1.29 is 9.59 Å². The Labute approximate surface area is 210 Å². The van der Waals surface area contributed by atoms with Crippen LogP contribution in [0.25, 0.3) is 0 Å². The Balaban J connectivity index is 1.33. The maximum atomic E-state index is 12.2. The van der Waals surface area contributed by atoms with Gasteiger partial charge in [-0.15, -0.1) is 0 Å². The van der Waals surface area contributed by atoms with Crippen molar-refractivity contribution in [1.29, 1.82) is 0 Å². The topological polar surface area (TPSA) is 138 Å². The molecule has 0 aliphatic carbocycles. The fourth-order valence-electron chi connectivity index (χ4n) is 4.66. The summed E-state index contributed by atoms with van der Waals surface area (Å²) < 4.78 is 0. The lowest BCUT2D eigenvalue weighted by atomic mass is 10.0. The van der Waals surface area contributed by atoms with E-state index in [0.717, 1.165) is 64.2 Å². The van der Waals surface area contributed by atoms with Gasteiger partial charge in [0.25, 0.3) is 0 Å². The first-order chi connectivity index (χ1) is 16.6. The van der Waals surface area contributed by atoms with Crippen molar-refractivity contribution in [1.82, 2.24) is 26.2 Å². The normalized spacial score (nSPS) is 21.5. The van der Waals surface area contributed by atoms with Crippen LogP contribution in [0, 0.1) is 0 Å². The number of rotatable bonds is 21. The first kappa shape index (κ1) is 29.2. The third kappa shape index (κ3) is 12.1. The standard InChI is InChI=1S/C24H49N7O2S/c25-11-8-16-31(17-9-12-26)18-22(32)28-15-7-2-1-5-13-27-14-6-3-4-10-21-23-20(19-34-21)29-24(33)30-23/h20-21,23,27H,1-19,25-26H2,(H,28,32)(H2,29,30,33)/t20-,21-,23-/m0/s1. The molecule has 10 heteroatoms. The number of urea groups is 1. The molecule has 2 rings (SSSR count). The van der Waals surface area contributed by atoms with E-state index >= 15 is 0 Å². The fraction of sp³-hybridized carbons (Fsp3) is 0.917. The molecular weight excluding hydrogens is 450 g/mol. The highest BCUT2D eigenvalue weighted by molar-refractivity contribution is 8.00. The number of fused-ring (bicyclic) bond motifs is 1. The van der Waals surface area contributed by atoms with Gasteiger partial charge in [-0.1, -0.05) is 25.7 Å². The Kier molecular flexibility index (Phi) is 15.6. The molecule has 3 amide bonds. The van der Waals surface area contributed by atoms with Gasteiger partial charge in [-0.05, 0) is 77.8 Å². The minimum absolute atomic E-state index is 0.00806. The second-order valence-electron chi connectivity index (χ2n) is 9.55. The maximum Gasteiger partial charge on any atom is 0.315 e. The molecule has 2 heterocycles. The highest BCUT2D eigenvalue weighted by Gasteiger charge is 2.42. The number of amides is 3. The van der Waals surface area contributed by atoms with E-state index in [-0.39, 0.29) is 11.9 Å². The van der Waals surface area contributed by atoms with Crippen LogP contribution in [-0.2, 0) is 4.79 Å². The average Bonchev–Trinajstić information content (AvgIpc) is 3.37. The van der Waals surface area contributed by atoms with Gasteiger partial charge in [-0.25, -0.2) is 4.79 Å². The van der Waals surface area contributed by atoms with Crippen LogP contribution in [-0.4, -0.2) is 92.3 Å². The molecule has 0 aromatic heterocycles. The van der Waals surface area contributed by atoms with Crippen molar-refractivity contribution in [2.75, 3.05) is 58.1 Å². The Bertz CT molecular complexity index is 561. The summed E-state index contributed by atoms with van der Waals surface area (Å²) in [7, 11) is 0. The summed E-state index contributed by atoms with van der Waals surface area (Å²) in [5, 5.41) is 13.3. The highest BCUT2D eigenvalue weighted by Crippen LogP contribution is 2.33. The molecule has 198 valence electrons. The summed E-state index contributed by atoms with van der Waals surface area (Å²) in [6.45, 7) is 6.37. The first-order valence-corrected chi connectivity index (χ1v) is 14.5. The van der Waals surface area contributed by atoms with Crippen molar-refractivity contribution >= 4 is 23.7 Å². The average molecular weight is 500 g/mol. The number of thioether (sulfide) groups is 1. The first-order valence-electron chi connectivity index (χ1n) is 13.4. The molecule has 0 aromatic rings. The third-order valence-electron chi connectivity index (χ3n) is 6.61. The lowest BCUT2D eigenvalue weighted by molar-refractivity contribution is -0.122. The molecule has 0 unspecified atom stereocenters. The van der Waals surface area contributed by atoms with Crippen LogP contribution in [0.4, 0.5) is 4.79 Å². The number of nitrogens with zero attached hydrogens (tertiary/aromatic N) is 1. The number of hydrogen-bond donors (Lipinski definition) is 6. The van der Waals surface area contributed by atoms with Crippen LogP contribution in [0.2, 0.25) is 0 Å². The second-order valence-corrected chi connectivity index (χ2v) is 10.8. The van der Waals surface area contributed by atoms with E-state index in [1.54, 1.807) is 0 Å². The van der Waals surface area contributed by atoms with Crippen molar-refractivity contribution in [3.8, 4) is 0 Å². The third-order valence-corrected chi connectivity index (χ3v) is 8.12. The van der Waals surface area contributed by atoms with E-state index < -0.39 is 0 Å². The number of nitrogens with two attached hydrogens (primary N) is 2. The molecule has 3 atom stereocenters. The van der Waals surface area contributed by atoms with Crippen molar-refractivity contribution in [2.24, 2.45) is 11.5 Å². The largest absolute Gasteiger partial charge is 0.355 e. The molecule has 8 N–H and O–H groups in total. The predicted molar refractivity (Wildman–Crippen MR) is 142 cm³/mol. The lowest BCUT2D eigenvalue weighted by Crippen LogP contribution is -2.39. The molecule has 2 fully saturated rings. The molecule has 0 saturated carbocycles. The minimum Gasteiger partial charge on any atom is -0.355 e. The Hall–Kier alpha value is -1.07. The number of hydrogen-bond acceptors (Lipinski definition) is 7. The number of carbonyl (C=O) groups excluding carboxylic acids is 2. The zero-order valence-electron chi connectivity index (χ0n) is 21.0. The van der Waals surface area contributed by atoms with E-state index in [4.69, 9.17) is 11.5 Å².